The summed E-state index contributed by atoms with van der Waals surface area (Å²) in [7, 11) is 4.09. The Morgan fingerprint density at radius 2 is 1.74 bits per heavy atom. The minimum atomic E-state index is -0.0943. The molecule has 0 atom stereocenters. The number of para-hydroxylation sites is 2. The molecule has 1 aliphatic heterocycles. The minimum absolute atomic E-state index is 0.0943. The number of carbonyl (C=O) groups excluding carboxylic acids is 1. The maximum Gasteiger partial charge on any atom is 0.280 e. The van der Waals surface area contributed by atoms with Crippen molar-refractivity contribution in [3.8, 4) is 0 Å². The molecule has 4 rings (SSSR count). The number of hydrogen-bond acceptors (Lipinski definition) is 3. The quantitative estimate of drug-likeness (QED) is 0.662. The number of fused-ring (bicyclic) bond motifs is 1. The van der Waals surface area contributed by atoms with Crippen LogP contribution in [0.3, 0.4) is 0 Å². The van der Waals surface area contributed by atoms with Crippen LogP contribution < -0.4 is 5.01 Å². The number of anilines is 1. The Hall–Kier alpha value is -3.18. The molecule has 2 aromatic carbocycles. The van der Waals surface area contributed by atoms with Crippen LogP contribution in [0, 0.1) is 0 Å². The largest absolute Gasteiger partial charge is 0.333 e. The van der Waals surface area contributed by atoms with E-state index in [1.54, 1.807) is 0 Å². The van der Waals surface area contributed by atoms with Gasteiger partial charge in [0.2, 0.25) is 0 Å². The molecule has 1 aliphatic rings. The maximum atomic E-state index is 13.0. The zero-order chi connectivity index (χ0) is 19.0. The number of nitrogens with zero attached hydrogens (tertiary/aromatic N) is 4. The van der Waals surface area contributed by atoms with E-state index in [1.807, 2.05) is 69.6 Å². The lowest BCUT2D eigenvalue weighted by atomic mass is 10.1. The van der Waals surface area contributed by atoms with E-state index in [1.165, 1.54) is 5.01 Å². The highest BCUT2D eigenvalue weighted by molar-refractivity contribution is 6.32. The van der Waals surface area contributed by atoms with Crippen LogP contribution >= 0.6 is 0 Å². The first-order valence-electron chi connectivity index (χ1n) is 8.94. The SMILES string of the molecule is CC1=NN(c2ccccc2)C(=O)/C1=C/c1cn(CN(C)C)c2ccccc12. The standard InChI is InChI=1S/C22H22N4O/c1-16-20(22(27)26(23-16)18-9-5-4-6-10-18)13-17-14-25(15-24(2)3)21-12-8-7-11-19(17)21/h4-14H,15H2,1-3H3/b20-13+. The topological polar surface area (TPSA) is 40.8 Å². The molecule has 0 radical (unpaired) electrons. The Balaban J connectivity index is 1.76. The second-order valence-corrected chi connectivity index (χ2v) is 6.99. The van der Waals surface area contributed by atoms with Gasteiger partial charge in [0, 0.05) is 22.7 Å². The molecule has 2 heterocycles. The first-order valence-corrected chi connectivity index (χ1v) is 8.94. The van der Waals surface area contributed by atoms with Crippen molar-refractivity contribution < 1.29 is 4.79 Å². The van der Waals surface area contributed by atoms with E-state index in [-0.39, 0.29) is 5.91 Å². The highest BCUT2D eigenvalue weighted by Gasteiger charge is 2.28. The second kappa shape index (κ2) is 6.85. The fraction of sp³-hybridized carbons (Fsp3) is 0.182. The fourth-order valence-electron chi connectivity index (χ4n) is 3.40. The van der Waals surface area contributed by atoms with Crippen LogP contribution in [-0.2, 0) is 11.5 Å². The first-order chi connectivity index (χ1) is 13.0. The van der Waals surface area contributed by atoms with Crippen LogP contribution in [0.25, 0.3) is 17.0 Å². The molecule has 0 spiro atoms. The van der Waals surface area contributed by atoms with Crippen molar-refractivity contribution in [1.82, 2.24) is 9.47 Å². The minimum Gasteiger partial charge on any atom is -0.333 e. The molecule has 0 saturated heterocycles. The lowest BCUT2D eigenvalue weighted by Gasteiger charge is -2.11. The zero-order valence-electron chi connectivity index (χ0n) is 15.8. The van der Waals surface area contributed by atoms with Gasteiger partial charge in [0.05, 0.1) is 23.6 Å². The van der Waals surface area contributed by atoms with E-state index in [9.17, 15) is 4.79 Å². The van der Waals surface area contributed by atoms with Crippen LogP contribution in [0.2, 0.25) is 0 Å². The van der Waals surface area contributed by atoms with Crippen LogP contribution in [0.15, 0.2) is 71.5 Å². The van der Waals surface area contributed by atoms with Gasteiger partial charge in [0.25, 0.3) is 5.91 Å². The van der Waals surface area contributed by atoms with Crippen LogP contribution in [0.1, 0.15) is 12.5 Å². The molecule has 0 fully saturated rings. The second-order valence-electron chi connectivity index (χ2n) is 6.99. The molecular formula is C22H22N4O. The van der Waals surface area contributed by atoms with Crippen LogP contribution in [0.5, 0.6) is 0 Å². The molecule has 27 heavy (non-hydrogen) atoms. The lowest BCUT2D eigenvalue weighted by molar-refractivity contribution is -0.114. The van der Waals surface area contributed by atoms with Crippen molar-refractivity contribution in [1.29, 1.82) is 0 Å². The summed E-state index contributed by atoms with van der Waals surface area (Å²) in [6.45, 7) is 2.66. The van der Waals surface area contributed by atoms with Crippen molar-refractivity contribution in [2.45, 2.75) is 13.6 Å². The first kappa shape index (κ1) is 17.2. The highest BCUT2D eigenvalue weighted by atomic mass is 16.2. The van der Waals surface area contributed by atoms with Gasteiger partial charge in [-0.1, -0.05) is 36.4 Å². The summed E-state index contributed by atoms with van der Waals surface area (Å²) in [6, 6.07) is 17.8. The highest BCUT2D eigenvalue weighted by Crippen LogP contribution is 2.28. The average Bonchev–Trinajstić information content (AvgIpc) is 3.15. The van der Waals surface area contributed by atoms with Gasteiger partial charge >= 0.3 is 0 Å². The molecule has 5 heteroatoms. The molecule has 0 N–H and O–H groups in total. The molecule has 0 bridgehead atoms. The molecule has 0 aliphatic carbocycles. The summed E-state index contributed by atoms with van der Waals surface area (Å²) in [5, 5.41) is 7.07. The fourth-order valence-corrected chi connectivity index (χ4v) is 3.40. The Labute approximate surface area is 158 Å². The maximum absolute atomic E-state index is 13.0. The number of rotatable bonds is 4. The number of carbonyl (C=O) groups is 1. The van der Waals surface area contributed by atoms with Crippen LogP contribution in [-0.4, -0.2) is 35.2 Å². The van der Waals surface area contributed by atoms with Crippen molar-refractivity contribution >= 4 is 34.3 Å². The van der Waals surface area contributed by atoms with Gasteiger partial charge in [-0.15, -0.1) is 0 Å². The number of hydrazone groups is 1. The van der Waals surface area contributed by atoms with Gasteiger partial charge in [-0.3, -0.25) is 9.69 Å². The van der Waals surface area contributed by atoms with Gasteiger partial charge in [-0.05, 0) is 45.3 Å². The summed E-state index contributed by atoms with van der Waals surface area (Å²) in [4.78, 5) is 15.1. The number of benzene rings is 2. The molecule has 1 aromatic heterocycles. The van der Waals surface area contributed by atoms with Crippen molar-refractivity contribution in [2.24, 2.45) is 5.10 Å². The summed E-state index contributed by atoms with van der Waals surface area (Å²) in [5.41, 5.74) is 4.32. The number of hydrogen-bond donors (Lipinski definition) is 0. The summed E-state index contributed by atoms with van der Waals surface area (Å²) < 4.78 is 2.20. The number of aromatic nitrogens is 1. The predicted octanol–water partition coefficient (Wildman–Crippen LogP) is 3.97. The summed E-state index contributed by atoms with van der Waals surface area (Å²) >= 11 is 0. The average molecular weight is 358 g/mol. The van der Waals surface area contributed by atoms with Gasteiger partial charge in [0.1, 0.15) is 0 Å². The van der Waals surface area contributed by atoms with E-state index in [0.29, 0.717) is 5.57 Å². The molecule has 1 amide bonds. The smallest absolute Gasteiger partial charge is 0.280 e. The molecule has 0 unspecified atom stereocenters. The van der Waals surface area contributed by atoms with Crippen molar-refractivity contribution in [3.63, 3.8) is 0 Å². The Morgan fingerprint density at radius 1 is 1.04 bits per heavy atom. The van der Waals surface area contributed by atoms with E-state index < -0.39 is 0 Å². The zero-order valence-corrected chi connectivity index (χ0v) is 15.8. The molecule has 5 nitrogen and oxygen atoms in total. The summed E-state index contributed by atoms with van der Waals surface area (Å²) in [5.74, 6) is -0.0943. The Morgan fingerprint density at radius 3 is 2.48 bits per heavy atom. The third-order valence-electron chi connectivity index (χ3n) is 4.62. The van der Waals surface area contributed by atoms with Gasteiger partial charge < -0.3 is 4.57 Å². The van der Waals surface area contributed by atoms with E-state index >= 15 is 0 Å². The molecule has 0 saturated carbocycles. The van der Waals surface area contributed by atoms with E-state index in [4.69, 9.17) is 0 Å². The van der Waals surface area contributed by atoms with Crippen molar-refractivity contribution in [2.75, 3.05) is 19.1 Å². The van der Waals surface area contributed by atoms with Gasteiger partial charge in [-0.2, -0.15) is 10.1 Å². The number of amides is 1. The van der Waals surface area contributed by atoms with Gasteiger partial charge in [-0.25, -0.2) is 0 Å². The third-order valence-corrected chi connectivity index (χ3v) is 4.62. The van der Waals surface area contributed by atoms with Crippen molar-refractivity contribution in [3.05, 3.63) is 71.9 Å². The summed E-state index contributed by atoms with van der Waals surface area (Å²) in [6.07, 6.45) is 4.06. The molecular weight excluding hydrogens is 336 g/mol. The van der Waals surface area contributed by atoms with Gasteiger partial charge in [0.15, 0.2) is 0 Å². The Bertz CT molecular complexity index is 1060. The molecule has 3 aromatic rings. The molecule has 136 valence electrons. The van der Waals surface area contributed by atoms with E-state index in [2.05, 4.69) is 32.9 Å². The van der Waals surface area contributed by atoms with E-state index in [0.717, 1.165) is 34.5 Å². The predicted molar refractivity (Wildman–Crippen MR) is 111 cm³/mol. The lowest BCUT2D eigenvalue weighted by Crippen LogP contribution is -2.21. The Kier molecular flexibility index (Phi) is 4.38. The third kappa shape index (κ3) is 3.17. The normalized spacial score (nSPS) is 16.0. The monoisotopic (exact) mass is 358 g/mol. The van der Waals surface area contributed by atoms with Crippen LogP contribution in [0.4, 0.5) is 5.69 Å².